The Kier molecular flexibility index (Phi) is 11.7. The zero-order valence-electron chi connectivity index (χ0n) is 26.5. The number of amides is 2. The lowest BCUT2D eigenvalue weighted by Crippen LogP contribution is -2.53. The van der Waals surface area contributed by atoms with Gasteiger partial charge in [0.15, 0.2) is 0 Å². The molecule has 0 saturated heterocycles. The van der Waals surface area contributed by atoms with E-state index in [4.69, 9.17) is 4.74 Å². The van der Waals surface area contributed by atoms with E-state index in [2.05, 4.69) is 5.32 Å². The van der Waals surface area contributed by atoms with Crippen molar-refractivity contribution in [1.29, 1.82) is 0 Å². The van der Waals surface area contributed by atoms with Crippen molar-refractivity contribution in [1.82, 2.24) is 10.2 Å². The van der Waals surface area contributed by atoms with Gasteiger partial charge in [0.2, 0.25) is 11.8 Å². The number of nitrogens with zero attached hydrogens (tertiary/aromatic N) is 3. The Morgan fingerprint density at radius 3 is 2.11 bits per heavy atom. The van der Waals surface area contributed by atoms with Crippen molar-refractivity contribution in [3.8, 4) is 5.75 Å². The predicted molar refractivity (Wildman–Crippen MR) is 180 cm³/mol. The fourth-order valence-corrected chi connectivity index (χ4v) is 6.49. The van der Waals surface area contributed by atoms with Crippen LogP contribution in [0, 0.1) is 17.0 Å². The number of carbonyl (C=O) groups excluding carboxylic acids is 2. The molecular formula is C35H38N4O7S. The zero-order chi connectivity index (χ0) is 34.0. The van der Waals surface area contributed by atoms with Gasteiger partial charge in [-0.3, -0.25) is 24.0 Å². The van der Waals surface area contributed by atoms with Crippen LogP contribution in [0.15, 0.2) is 108 Å². The van der Waals surface area contributed by atoms with Crippen LogP contribution in [0.3, 0.4) is 0 Å². The highest BCUT2D eigenvalue weighted by atomic mass is 32.2. The number of ether oxygens (including phenoxy) is 1. The van der Waals surface area contributed by atoms with Crippen LogP contribution >= 0.6 is 0 Å². The molecule has 0 saturated carbocycles. The van der Waals surface area contributed by atoms with Gasteiger partial charge in [0.1, 0.15) is 18.3 Å². The number of hydrogen-bond donors (Lipinski definition) is 1. The molecule has 0 radical (unpaired) electrons. The molecule has 47 heavy (non-hydrogen) atoms. The SMILES string of the molecule is CCCNC(=O)[C@@H](Cc1ccccc1)N(Cc1ccccc1)C(=O)CN(c1ccc(OC)cc1)S(=O)(=O)c1ccc(C)c([N+](=O)[O-])c1. The van der Waals surface area contributed by atoms with E-state index in [0.717, 1.165) is 21.5 Å². The Labute approximate surface area is 275 Å². The maximum Gasteiger partial charge on any atom is 0.273 e. The second kappa shape index (κ2) is 15.9. The molecule has 0 aromatic heterocycles. The summed E-state index contributed by atoms with van der Waals surface area (Å²) in [6, 6.07) is 27.1. The summed E-state index contributed by atoms with van der Waals surface area (Å²) < 4.78 is 34.6. The Morgan fingerprint density at radius 1 is 0.915 bits per heavy atom. The molecule has 1 N–H and O–H groups in total. The van der Waals surface area contributed by atoms with E-state index in [9.17, 15) is 28.1 Å². The number of benzene rings is 4. The number of carbonyl (C=O) groups is 2. The topological polar surface area (TPSA) is 139 Å². The van der Waals surface area contributed by atoms with Gasteiger partial charge in [-0.15, -0.1) is 0 Å². The van der Waals surface area contributed by atoms with Gasteiger partial charge in [-0.2, -0.15) is 0 Å². The van der Waals surface area contributed by atoms with Crippen molar-refractivity contribution < 1.29 is 27.7 Å². The average Bonchev–Trinajstić information content (AvgIpc) is 3.08. The minimum absolute atomic E-state index is 0.0310. The van der Waals surface area contributed by atoms with Crippen LogP contribution in [0.2, 0.25) is 0 Å². The van der Waals surface area contributed by atoms with Gasteiger partial charge < -0.3 is 15.0 Å². The van der Waals surface area contributed by atoms with Crippen molar-refractivity contribution in [2.45, 2.75) is 44.2 Å². The van der Waals surface area contributed by atoms with E-state index < -0.39 is 33.4 Å². The molecule has 12 heteroatoms. The van der Waals surface area contributed by atoms with E-state index in [1.807, 2.05) is 67.6 Å². The molecule has 0 bridgehead atoms. The van der Waals surface area contributed by atoms with E-state index >= 15 is 0 Å². The first-order valence-electron chi connectivity index (χ1n) is 15.1. The van der Waals surface area contributed by atoms with E-state index in [0.29, 0.717) is 18.7 Å². The van der Waals surface area contributed by atoms with E-state index in [-0.39, 0.29) is 40.7 Å². The normalized spacial score (nSPS) is 11.7. The molecule has 0 unspecified atom stereocenters. The lowest BCUT2D eigenvalue weighted by Gasteiger charge is -2.34. The molecule has 11 nitrogen and oxygen atoms in total. The highest BCUT2D eigenvalue weighted by Gasteiger charge is 2.35. The van der Waals surface area contributed by atoms with Crippen LogP contribution in [0.25, 0.3) is 0 Å². The molecule has 4 aromatic rings. The van der Waals surface area contributed by atoms with Crippen LogP contribution in [0.5, 0.6) is 5.75 Å². The quantitative estimate of drug-likeness (QED) is 0.136. The Morgan fingerprint density at radius 2 is 1.53 bits per heavy atom. The van der Waals surface area contributed by atoms with E-state index in [1.165, 1.54) is 43.2 Å². The smallest absolute Gasteiger partial charge is 0.273 e. The van der Waals surface area contributed by atoms with Crippen LogP contribution in [-0.2, 0) is 32.6 Å². The van der Waals surface area contributed by atoms with Crippen LogP contribution in [0.4, 0.5) is 11.4 Å². The third-order valence-corrected chi connectivity index (χ3v) is 9.39. The average molecular weight is 659 g/mol. The van der Waals surface area contributed by atoms with Gasteiger partial charge in [-0.25, -0.2) is 8.42 Å². The zero-order valence-corrected chi connectivity index (χ0v) is 27.4. The van der Waals surface area contributed by atoms with Crippen molar-refractivity contribution in [2.24, 2.45) is 0 Å². The van der Waals surface area contributed by atoms with Gasteiger partial charge >= 0.3 is 0 Å². The van der Waals surface area contributed by atoms with E-state index in [1.54, 1.807) is 12.1 Å². The summed E-state index contributed by atoms with van der Waals surface area (Å²) in [4.78, 5) is 40.3. The molecule has 0 aliphatic carbocycles. The van der Waals surface area contributed by atoms with Crippen LogP contribution in [-0.4, -0.2) is 56.3 Å². The number of sulfonamides is 1. The van der Waals surface area contributed by atoms with Crippen molar-refractivity contribution >= 4 is 33.2 Å². The first kappa shape index (κ1) is 34.6. The van der Waals surface area contributed by atoms with Crippen molar-refractivity contribution in [3.63, 3.8) is 0 Å². The monoisotopic (exact) mass is 658 g/mol. The van der Waals surface area contributed by atoms with Gasteiger partial charge in [0, 0.05) is 31.1 Å². The molecule has 2 amide bonds. The molecule has 0 heterocycles. The molecule has 246 valence electrons. The number of rotatable bonds is 15. The first-order chi connectivity index (χ1) is 22.5. The number of anilines is 1. The fourth-order valence-electron chi connectivity index (χ4n) is 5.05. The Bertz CT molecular complexity index is 1780. The summed E-state index contributed by atoms with van der Waals surface area (Å²) in [5.74, 6) is -0.542. The van der Waals surface area contributed by atoms with Gasteiger partial charge in [-0.05, 0) is 54.8 Å². The van der Waals surface area contributed by atoms with Crippen LogP contribution < -0.4 is 14.4 Å². The molecule has 4 aromatic carbocycles. The molecule has 4 rings (SSSR count). The molecule has 0 fully saturated rings. The Balaban J connectivity index is 1.82. The number of nitrogens with one attached hydrogen (secondary N) is 1. The minimum Gasteiger partial charge on any atom is -0.497 e. The van der Waals surface area contributed by atoms with Crippen molar-refractivity contribution in [3.05, 3.63) is 130 Å². The summed E-state index contributed by atoms with van der Waals surface area (Å²) in [5, 5.41) is 14.6. The highest BCUT2D eigenvalue weighted by Crippen LogP contribution is 2.29. The summed E-state index contributed by atoms with van der Waals surface area (Å²) >= 11 is 0. The molecule has 1 atom stereocenters. The van der Waals surface area contributed by atoms with Gasteiger partial charge in [0.25, 0.3) is 15.7 Å². The lowest BCUT2D eigenvalue weighted by molar-refractivity contribution is -0.385. The number of methoxy groups -OCH3 is 1. The third kappa shape index (κ3) is 8.73. The summed E-state index contributed by atoms with van der Waals surface area (Å²) in [6.07, 6.45) is 0.872. The second-order valence-electron chi connectivity index (χ2n) is 10.9. The summed E-state index contributed by atoms with van der Waals surface area (Å²) in [5.41, 5.74) is 1.62. The summed E-state index contributed by atoms with van der Waals surface area (Å²) in [7, 11) is -3.06. The maximum atomic E-state index is 14.5. The molecule has 0 aliphatic heterocycles. The predicted octanol–water partition coefficient (Wildman–Crippen LogP) is 5.27. The molecular weight excluding hydrogens is 620 g/mol. The number of nitro benzene ring substituents is 1. The summed E-state index contributed by atoms with van der Waals surface area (Å²) in [6.45, 7) is 3.18. The Hall–Kier alpha value is -5.23. The second-order valence-corrected chi connectivity index (χ2v) is 12.8. The number of aryl methyl sites for hydroxylation is 1. The molecule has 0 spiro atoms. The van der Waals surface area contributed by atoms with Crippen molar-refractivity contribution in [2.75, 3.05) is 24.5 Å². The van der Waals surface area contributed by atoms with Gasteiger partial charge in [0.05, 0.1) is 22.6 Å². The third-order valence-electron chi connectivity index (χ3n) is 7.62. The molecule has 0 aliphatic rings. The lowest BCUT2D eigenvalue weighted by atomic mass is 10.0. The largest absolute Gasteiger partial charge is 0.497 e. The highest BCUT2D eigenvalue weighted by molar-refractivity contribution is 7.92. The first-order valence-corrected chi connectivity index (χ1v) is 16.6. The number of hydrogen-bond acceptors (Lipinski definition) is 7. The standard InChI is InChI=1S/C35H38N4O7S/c1-4-21-36-35(41)33(22-27-11-7-5-8-12-27)37(24-28-13-9-6-10-14-28)34(40)25-38(29-16-18-30(46-3)19-17-29)47(44,45)31-20-15-26(2)32(23-31)39(42)43/h5-20,23,33H,4,21-22,24-25H2,1-3H3,(H,36,41)/t33-/m1/s1. The number of nitro groups is 1. The van der Waals surface area contributed by atoms with Crippen LogP contribution in [0.1, 0.15) is 30.0 Å². The maximum absolute atomic E-state index is 14.5. The fraction of sp³-hybridized carbons (Fsp3) is 0.257. The minimum atomic E-state index is -4.53. The van der Waals surface area contributed by atoms with Gasteiger partial charge in [-0.1, -0.05) is 73.7 Å².